The van der Waals surface area contributed by atoms with Crippen LogP contribution in [0, 0.1) is 0 Å². The van der Waals surface area contributed by atoms with Crippen LogP contribution in [0.4, 0.5) is 0 Å². The average Bonchev–Trinajstić information content (AvgIpc) is 3.00. The molecular formula is C16H27ClN2O2S. The number of halogens is 1. The van der Waals surface area contributed by atoms with E-state index in [4.69, 9.17) is 0 Å². The molecule has 1 heterocycles. The summed E-state index contributed by atoms with van der Waals surface area (Å²) in [6, 6.07) is 7.41. The number of nitrogens with zero attached hydrogens (tertiary/aromatic N) is 1. The molecule has 1 unspecified atom stereocenters. The van der Waals surface area contributed by atoms with Gasteiger partial charge < -0.3 is 5.32 Å². The largest absolute Gasteiger partial charge is 0.315 e. The highest BCUT2D eigenvalue weighted by Gasteiger charge is 2.30. The van der Waals surface area contributed by atoms with E-state index in [0.717, 1.165) is 25.9 Å². The maximum Gasteiger partial charge on any atom is 0.243 e. The van der Waals surface area contributed by atoms with Gasteiger partial charge in [0.05, 0.1) is 4.90 Å². The van der Waals surface area contributed by atoms with Gasteiger partial charge in [-0.2, -0.15) is 4.31 Å². The van der Waals surface area contributed by atoms with Crippen LogP contribution in [0.15, 0.2) is 29.2 Å². The number of benzene rings is 1. The highest BCUT2D eigenvalue weighted by atomic mass is 35.5. The molecule has 0 saturated carbocycles. The Hall–Kier alpha value is -0.620. The molecule has 1 aliphatic rings. The number of rotatable bonds is 5. The molecule has 4 nitrogen and oxygen atoms in total. The van der Waals surface area contributed by atoms with Crippen LogP contribution in [-0.2, 0) is 15.4 Å². The van der Waals surface area contributed by atoms with E-state index in [-0.39, 0.29) is 23.9 Å². The van der Waals surface area contributed by atoms with Gasteiger partial charge in [-0.1, -0.05) is 32.9 Å². The third-order valence-electron chi connectivity index (χ3n) is 4.75. The van der Waals surface area contributed by atoms with Crippen molar-refractivity contribution in [2.75, 3.05) is 20.1 Å². The molecule has 0 bridgehead atoms. The minimum Gasteiger partial charge on any atom is -0.315 e. The van der Waals surface area contributed by atoms with Crippen molar-refractivity contribution in [2.24, 2.45) is 0 Å². The number of hydrogen-bond acceptors (Lipinski definition) is 3. The summed E-state index contributed by atoms with van der Waals surface area (Å²) in [5.74, 6) is 0. The summed E-state index contributed by atoms with van der Waals surface area (Å²) >= 11 is 0. The second-order valence-electron chi connectivity index (χ2n) is 6.43. The Morgan fingerprint density at radius 3 is 2.32 bits per heavy atom. The molecule has 1 saturated heterocycles. The van der Waals surface area contributed by atoms with E-state index in [0.29, 0.717) is 4.90 Å². The second kappa shape index (κ2) is 7.30. The number of likely N-dealkylation sites (N-methyl/N-ethyl adjacent to an activating group) is 1. The van der Waals surface area contributed by atoms with Crippen molar-refractivity contribution in [3.8, 4) is 0 Å². The van der Waals surface area contributed by atoms with E-state index in [2.05, 4.69) is 26.1 Å². The van der Waals surface area contributed by atoms with Crippen LogP contribution in [-0.4, -0.2) is 38.9 Å². The highest BCUT2D eigenvalue weighted by molar-refractivity contribution is 7.89. The van der Waals surface area contributed by atoms with E-state index in [1.54, 1.807) is 19.2 Å². The zero-order valence-electron chi connectivity index (χ0n) is 13.8. The summed E-state index contributed by atoms with van der Waals surface area (Å²) in [5.41, 5.74) is 1.25. The molecule has 1 fully saturated rings. The second-order valence-corrected chi connectivity index (χ2v) is 8.43. The van der Waals surface area contributed by atoms with Crippen molar-refractivity contribution < 1.29 is 8.42 Å². The fraction of sp³-hybridized carbons (Fsp3) is 0.625. The van der Waals surface area contributed by atoms with Crippen molar-refractivity contribution in [1.82, 2.24) is 9.62 Å². The third kappa shape index (κ3) is 3.82. The predicted molar refractivity (Wildman–Crippen MR) is 93.2 cm³/mol. The van der Waals surface area contributed by atoms with E-state index < -0.39 is 10.0 Å². The Bertz CT molecular complexity index is 579. The van der Waals surface area contributed by atoms with Crippen LogP contribution in [0.5, 0.6) is 0 Å². The van der Waals surface area contributed by atoms with E-state index in [1.807, 2.05) is 12.1 Å². The summed E-state index contributed by atoms with van der Waals surface area (Å²) in [6.07, 6.45) is 1.89. The maximum atomic E-state index is 12.6. The predicted octanol–water partition coefficient (Wildman–Crippen LogP) is 2.78. The first-order chi connectivity index (χ1) is 9.79. The molecule has 1 aromatic carbocycles. The normalized spacial score (nSPS) is 19.2. The Morgan fingerprint density at radius 1 is 1.27 bits per heavy atom. The van der Waals surface area contributed by atoms with E-state index in [9.17, 15) is 8.42 Å². The maximum absolute atomic E-state index is 12.6. The molecule has 2 rings (SSSR count). The standard InChI is InChI=1S/C16H26N2O2S.ClH/c1-5-16(2,3)13-6-8-15(9-7-13)21(19,20)18(4)14-10-11-17-12-14;/h6-9,14,17H,5,10-12H2,1-4H3;1H. The Balaban J connectivity index is 0.00000242. The zero-order valence-corrected chi connectivity index (χ0v) is 15.4. The molecule has 1 aromatic rings. The van der Waals surface area contributed by atoms with Crippen molar-refractivity contribution in [2.45, 2.75) is 50.0 Å². The van der Waals surface area contributed by atoms with Gasteiger partial charge in [0.25, 0.3) is 0 Å². The molecule has 0 aliphatic carbocycles. The Labute approximate surface area is 140 Å². The van der Waals surface area contributed by atoms with Crippen molar-refractivity contribution >= 4 is 22.4 Å². The van der Waals surface area contributed by atoms with Crippen LogP contribution in [0.1, 0.15) is 39.2 Å². The molecule has 22 heavy (non-hydrogen) atoms. The molecular weight excluding hydrogens is 320 g/mol. The van der Waals surface area contributed by atoms with Gasteiger partial charge in [0.1, 0.15) is 0 Å². The Morgan fingerprint density at radius 2 is 1.86 bits per heavy atom. The van der Waals surface area contributed by atoms with Gasteiger partial charge in [-0.25, -0.2) is 8.42 Å². The highest BCUT2D eigenvalue weighted by Crippen LogP contribution is 2.28. The van der Waals surface area contributed by atoms with Gasteiger partial charge in [-0.15, -0.1) is 12.4 Å². The van der Waals surface area contributed by atoms with Gasteiger partial charge in [0.2, 0.25) is 10.0 Å². The van der Waals surface area contributed by atoms with Crippen LogP contribution >= 0.6 is 12.4 Å². The molecule has 6 heteroatoms. The first-order valence-corrected chi connectivity index (χ1v) is 9.02. The lowest BCUT2D eigenvalue weighted by Crippen LogP contribution is -2.38. The summed E-state index contributed by atoms with van der Waals surface area (Å²) in [6.45, 7) is 8.11. The summed E-state index contributed by atoms with van der Waals surface area (Å²) < 4.78 is 26.8. The van der Waals surface area contributed by atoms with Gasteiger partial charge >= 0.3 is 0 Å². The van der Waals surface area contributed by atoms with Gasteiger partial charge in [0, 0.05) is 19.6 Å². The number of hydrogen-bond donors (Lipinski definition) is 1. The number of nitrogens with one attached hydrogen (secondary N) is 1. The summed E-state index contributed by atoms with van der Waals surface area (Å²) in [5, 5.41) is 3.21. The summed E-state index contributed by atoms with van der Waals surface area (Å²) in [7, 11) is -1.72. The molecule has 1 aliphatic heterocycles. The van der Waals surface area contributed by atoms with Gasteiger partial charge in [0.15, 0.2) is 0 Å². The zero-order chi connectivity index (χ0) is 15.7. The lowest BCUT2D eigenvalue weighted by atomic mass is 9.82. The number of sulfonamides is 1. The molecule has 0 aromatic heterocycles. The van der Waals surface area contributed by atoms with E-state index in [1.165, 1.54) is 9.87 Å². The fourth-order valence-corrected chi connectivity index (χ4v) is 3.98. The average molecular weight is 347 g/mol. The molecule has 1 atom stereocenters. The third-order valence-corrected chi connectivity index (χ3v) is 6.67. The molecule has 0 spiro atoms. The van der Waals surface area contributed by atoms with Crippen molar-refractivity contribution in [3.05, 3.63) is 29.8 Å². The molecule has 1 N–H and O–H groups in total. The topological polar surface area (TPSA) is 49.4 Å². The Kier molecular flexibility index (Phi) is 6.45. The van der Waals surface area contributed by atoms with Crippen LogP contribution < -0.4 is 5.32 Å². The van der Waals surface area contributed by atoms with E-state index >= 15 is 0 Å². The smallest absolute Gasteiger partial charge is 0.243 e. The fourth-order valence-electron chi connectivity index (χ4n) is 2.59. The quantitative estimate of drug-likeness (QED) is 0.891. The lowest BCUT2D eigenvalue weighted by Gasteiger charge is -2.25. The SMILES string of the molecule is CCC(C)(C)c1ccc(S(=O)(=O)N(C)C2CCNC2)cc1.Cl. The molecule has 126 valence electrons. The minimum absolute atomic E-state index is 0. The monoisotopic (exact) mass is 346 g/mol. The van der Waals surface area contributed by atoms with Crippen LogP contribution in [0.3, 0.4) is 0 Å². The molecule has 0 radical (unpaired) electrons. The first-order valence-electron chi connectivity index (χ1n) is 7.58. The van der Waals surface area contributed by atoms with Crippen molar-refractivity contribution in [3.63, 3.8) is 0 Å². The van der Waals surface area contributed by atoms with Gasteiger partial charge in [-0.05, 0) is 42.5 Å². The van der Waals surface area contributed by atoms with Crippen LogP contribution in [0.2, 0.25) is 0 Å². The minimum atomic E-state index is -3.40. The van der Waals surface area contributed by atoms with Crippen molar-refractivity contribution in [1.29, 1.82) is 0 Å². The van der Waals surface area contributed by atoms with Crippen LogP contribution in [0.25, 0.3) is 0 Å². The lowest BCUT2D eigenvalue weighted by molar-refractivity contribution is 0.387. The summed E-state index contributed by atoms with van der Waals surface area (Å²) in [4.78, 5) is 0.382. The van der Waals surface area contributed by atoms with Gasteiger partial charge in [-0.3, -0.25) is 0 Å². The molecule has 0 amide bonds. The first kappa shape index (κ1) is 19.4.